The van der Waals surface area contributed by atoms with Crippen LogP contribution in [0.25, 0.3) is 5.70 Å². The number of Topliss-reactive ketones (excluding diaryl/α,β-unsaturated/α-hetero) is 3. The number of aryl methyl sites for hydroxylation is 1. The van der Waals surface area contributed by atoms with E-state index in [0.29, 0.717) is 12.1 Å². The lowest BCUT2D eigenvalue weighted by molar-refractivity contribution is -0.583. The summed E-state index contributed by atoms with van der Waals surface area (Å²) in [5, 5.41) is 11.1. The molecule has 4 rings (SSSR count). The molecule has 1 heterocycles. The molecule has 2 aromatic rings. The summed E-state index contributed by atoms with van der Waals surface area (Å²) in [5.74, 6) is -1.80. The van der Waals surface area contributed by atoms with E-state index in [1.54, 1.807) is 29.1 Å². The van der Waals surface area contributed by atoms with Crippen molar-refractivity contribution in [2.45, 2.75) is 25.4 Å². The van der Waals surface area contributed by atoms with E-state index in [-0.39, 0.29) is 28.9 Å². The van der Waals surface area contributed by atoms with E-state index in [1.807, 2.05) is 19.1 Å². The molecule has 0 atom stereocenters. The molecule has 0 radical (unpaired) electrons. The Hall–Kier alpha value is -2.92. The smallest absolute Gasteiger partial charge is 0.226 e. The number of fused-ring (bicyclic) bond motifs is 1. The Bertz CT molecular complexity index is 934. The number of pyridine rings is 1. The van der Waals surface area contributed by atoms with E-state index in [0.717, 1.165) is 5.56 Å². The fourth-order valence-corrected chi connectivity index (χ4v) is 3.59. The summed E-state index contributed by atoms with van der Waals surface area (Å²) >= 11 is 0. The second-order valence-electron chi connectivity index (χ2n) is 6.44. The Balaban J connectivity index is 1.93. The van der Waals surface area contributed by atoms with Crippen LogP contribution in [0.1, 0.15) is 39.1 Å². The van der Waals surface area contributed by atoms with E-state index in [4.69, 9.17) is 0 Å². The third-order valence-electron chi connectivity index (χ3n) is 4.90. The van der Waals surface area contributed by atoms with Gasteiger partial charge in [-0.3, -0.25) is 14.4 Å². The molecular weight excluding hydrogens is 318 g/mol. The van der Waals surface area contributed by atoms with E-state index in [2.05, 4.69) is 0 Å². The molecule has 25 heavy (non-hydrogen) atoms. The topological polar surface area (TPSA) is 75.3 Å². The fraction of sp³-hybridized carbons (Fsp3) is 0.200. The van der Waals surface area contributed by atoms with Crippen LogP contribution in [0.4, 0.5) is 0 Å². The van der Waals surface area contributed by atoms with Crippen molar-refractivity contribution in [2.24, 2.45) is 0 Å². The Morgan fingerprint density at radius 1 is 0.920 bits per heavy atom. The number of carbonyl (C=O) groups is 3. The van der Waals surface area contributed by atoms with Crippen LogP contribution >= 0.6 is 0 Å². The maximum absolute atomic E-state index is 12.8. The monoisotopic (exact) mass is 334 g/mol. The second-order valence-corrected chi connectivity index (χ2v) is 6.44. The molecule has 0 amide bonds. The molecule has 1 aromatic carbocycles. The molecule has 0 bridgehead atoms. The van der Waals surface area contributed by atoms with Crippen molar-refractivity contribution in [1.82, 2.24) is 0 Å². The number of aliphatic hydroxyl groups is 1. The van der Waals surface area contributed by atoms with Crippen LogP contribution in [0.15, 0.2) is 54.4 Å². The third-order valence-corrected chi connectivity index (χ3v) is 4.90. The lowest BCUT2D eigenvalue weighted by Gasteiger charge is -2.19. The van der Waals surface area contributed by atoms with Gasteiger partial charge in [0, 0.05) is 36.1 Å². The third kappa shape index (κ3) is 2.06. The Labute approximate surface area is 144 Å². The number of rotatable bonds is 2. The summed E-state index contributed by atoms with van der Waals surface area (Å²) in [6.07, 6.45) is 4.08. The van der Waals surface area contributed by atoms with Gasteiger partial charge in [-0.15, -0.1) is 0 Å². The summed E-state index contributed by atoms with van der Waals surface area (Å²) in [6, 6.07) is 10.0. The SMILES string of the molecule is Cc1cc[n+](C2=C(C3(O)C(=O)c4ccccc4C3=O)C(=O)CC2)cc1. The first-order chi connectivity index (χ1) is 11.9. The van der Waals surface area contributed by atoms with Gasteiger partial charge in [0.25, 0.3) is 0 Å². The van der Waals surface area contributed by atoms with Gasteiger partial charge in [-0.25, -0.2) is 0 Å². The lowest BCUT2D eigenvalue weighted by atomic mass is 9.86. The minimum atomic E-state index is -2.43. The highest BCUT2D eigenvalue weighted by molar-refractivity contribution is 6.37. The van der Waals surface area contributed by atoms with Crippen molar-refractivity contribution < 1.29 is 24.1 Å². The first-order valence-electron chi connectivity index (χ1n) is 8.10. The number of allylic oxidation sites excluding steroid dienone is 1. The lowest BCUT2D eigenvalue weighted by Crippen LogP contribution is -2.47. The number of hydrogen-bond donors (Lipinski definition) is 1. The Morgan fingerprint density at radius 3 is 2.04 bits per heavy atom. The van der Waals surface area contributed by atoms with Gasteiger partial charge in [0.2, 0.25) is 17.2 Å². The summed E-state index contributed by atoms with van der Waals surface area (Å²) in [6.45, 7) is 1.94. The zero-order valence-electron chi connectivity index (χ0n) is 13.7. The summed E-state index contributed by atoms with van der Waals surface area (Å²) < 4.78 is 1.70. The van der Waals surface area contributed by atoms with Crippen molar-refractivity contribution in [1.29, 1.82) is 0 Å². The van der Waals surface area contributed by atoms with Crippen LogP contribution in [0.2, 0.25) is 0 Å². The van der Waals surface area contributed by atoms with Crippen molar-refractivity contribution in [3.8, 4) is 0 Å². The Kier molecular flexibility index (Phi) is 3.30. The van der Waals surface area contributed by atoms with Crippen molar-refractivity contribution in [2.75, 3.05) is 0 Å². The van der Waals surface area contributed by atoms with Crippen LogP contribution in [0.3, 0.4) is 0 Å². The van der Waals surface area contributed by atoms with Gasteiger partial charge in [0.05, 0.1) is 0 Å². The highest BCUT2D eigenvalue weighted by atomic mass is 16.3. The van der Waals surface area contributed by atoms with Gasteiger partial charge >= 0.3 is 0 Å². The number of carbonyl (C=O) groups excluding carboxylic acids is 3. The van der Waals surface area contributed by atoms with E-state index in [9.17, 15) is 19.5 Å². The largest absolute Gasteiger partial charge is 0.370 e. The first kappa shape index (κ1) is 15.6. The Morgan fingerprint density at radius 2 is 1.48 bits per heavy atom. The number of nitrogens with zero attached hydrogens (tertiary/aromatic N) is 1. The zero-order valence-corrected chi connectivity index (χ0v) is 13.7. The zero-order chi connectivity index (χ0) is 17.8. The number of hydrogen-bond acceptors (Lipinski definition) is 4. The number of aromatic nitrogens is 1. The average Bonchev–Trinajstić information content (AvgIpc) is 3.09. The second kappa shape index (κ2) is 5.29. The van der Waals surface area contributed by atoms with Crippen LogP contribution in [0.5, 0.6) is 0 Å². The summed E-state index contributed by atoms with van der Waals surface area (Å²) in [5.41, 5.74) is -0.646. The molecule has 1 aromatic heterocycles. The van der Waals surface area contributed by atoms with Crippen LogP contribution in [-0.2, 0) is 4.79 Å². The van der Waals surface area contributed by atoms with Crippen molar-refractivity contribution in [3.05, 3.63) is 71.1 Å². The highest BCUT2D eigenvalue weighted by Gasteiger charge is 2.59. The normalized spacial score (nSPS) is 18.9. The molecule has 0 saturated carbocycles. The molecule has 5 nitrogen and oxygen atoms in total. The maximum Gasteiger partial charge on any atom is 0.226 e. The van der Waals surface area contributed by atoms with Gasteiger partial charge < -0.3 is 5.11 Å². The number of benzene rings is 1. The molecule has 0 fully saturated rings. The predicted octanol–water partition coefficient (Wildman–Crippen LogP) is 1.67. The van der Waals surface area contributed by atoms with E-state index in [1.165, 1.54) is 12.1 Å². The quantitative estimate of drug-likeness (QED) is 0.669. The average molecular weight is 334 g/mol. The summed E-state index contributed by atoms with van der Waals surface area (Å²) in [7, 11) is 0. The van der Waals surface area contributed by atoms with Crippen LogP contribution < -0.4 is 4.57 Å². The molecule has 0 spiro atoms. The molecule has 2 aliphatic rings. The molecule has 0 saturated heterocycles. The van der Waals surface area contributed by atoms with Crippen molar-refractivity contribution >= 4 is 23.0 Å². The van der Waals surface area contributed by atoms with Gasteiger partial charge in [0.15, 0.2) is 23.9 Å². The molecular formula is C20H16NO4+. The minimum Gasteiger partial charge on any atom is -0.370 e. The predicted molar refractivity (Wildman–Crippen MR) is 88.9 cm³/mol. The first-order valence-corrected chi connectivity index (χ1v) is 8.10. The molecule has 124 valence electrons. The van der Waals surface area contributed by atoms with Gasteiger partial charge in [0.1, 0.15) is 5.57 Å². The molecule has 0 unspecified atom stereocenters. The summed E-state index contributed by atoms with van der Waals surface area (Å²) in [4.78, 5) is 38.2. The number of ketones is 3. The van der Waals surface area contributed by atoms with E-state index >= 15 is 0 Å². The molecule has 1 N–H and O–H groups in total. The van der Waals surface area contributed by atoms with Crippen LogP contribution in [-0.4, -0.2) is 28.1 Å². The van der Waals surface area contributed by atoms with Gasteiger partial charge in [-0.2, -0.15) is 4.57 Å². The van der Waals surface area contributed by atoms with Crippen LogP contribution in [0, 0.1) is 6.92 Å². The van der Waals surface area contributed by atoms with Gasteiger partial charge in [-0.05, 0) is 12.5 Å². The maximum atomic E-state index is 12.8. The molecule has 0 aliphatic heterocycles. The standard InChI is InChI=1S/C20H16NO4/c1-12-8-10-21(11-9-12)15-6-7-16(22)17(15)20(25)18(23)13-4-2-3-5-14(13)19(20)24/h2-5,8-11,25H,6-7H2,1H3/q+1. The minimum absolute atomic E-state index is 0.0902. The molecule has 5 heteroatoms. The van der Waals surface area contributed by atoms with Crippen molar-refractivity contribution in [3.63, 3.8) is 0 Å². The van der Waals surface area contributed by atoms with E-state index < -0.39 is 17.2 Å². The fourth-order valence-electron chi connectivity index (χ4n) is 3.59. The molecule has 2 aliphatic carbocycles. The highest BCUT2D eigenvalue weighted by Crippen LogP contribution is 2.40. The van der Waals surface area contributed by atoms with Gasteiger partial charge in [-0.1, -0.05) is 24.3 Å².